The number of amides is 3. The molecule has 0 bridgehead atoms. The van der Waals surface area contributed by atoms with Gasteiger partial charge in [0.05, 0.1) is 13.2 Å². The lowest BCUT2D eigenvalue weighted by Crippen LogP contribution is -2.54. The summed E-state index contributed by atoms with van der Waals surface area (Å²) in [5, 5.41) is 2.48. The van der Waals surface area contributed by atoms with E-state index in [0.29, 0.717) is 26.3 Å². The van der Waals surface area contributed by atoms with Gasteiger partial charge in [-0.2, -0.15) is 0 Å². The Labute approximate surface area is 95.1 Å². The normalized spacial score (nSPS) is 18.3. The summed E-state index contributed by atoms with van der Waals surface area (Å²) in [4.78, 5) is 24.6. The minimum atomic E-state index is -0.666. The smallest absolute Gasteiger partial charge is 0.312 e. The molecular weight excluding hydrogens is 210 g/mol. The molecule has 1 saturated heterocycles. The van der Waals surface area contributed by atoms with Crippen LogP contribution in [0.3, 0.4) is 0 Å². The van der Waals surface area contributed by atoms with Crippen molar-refractivity contribution < 1.29 is 14.3 Å². The Bertz CT molecular complexity index is 262. The zero-order chi connectivity index (χ0) is 12.1. The number of nitrogens with one attached hydrogen (secondary N) is 1. The van der Waals surface area contributed by atoms with Crippen LogP contribution in [0.5, 0.6) is 0 Å². The van der Waals surface area contributed by atoms with E-state index in [0.717, 1.165) is 0 Å². The Kier molecular flexibility index (Phi) is 4.54. The highest BCUT2D eigenvalue weighted by Crippen LogP contribution is 2.08. The number of morpholine rings is 1. The summed E-state index contributed by atoms with van der Waals surface area (Å²) in [6, 6.07) is -1.21. The van der Waals surface area contributed by atoms with E-state index in [-0.39, 0.29) is 11.8 Å². The van der Waals surface area contributed by atoms with Crippen molar-refractivity contribution in [3.8, 4) is 0 Å². The van der Waals surface area contributed by atoms with Crippen molar-refractivity contribution in [3.05, 3.63) is 0 Å². The molecule has 1 fully saturated rings. The maximum absolute atomic E-state index is 12.1. The first-order chi connectivity index (χ1) is 7.52. The SMILES string of the molecule is CC(C)[C@H](NC(N)=O)C(=O)N1CCOCC1. The topological polar surface area (TPSA) is 84.7 Å². The first-order valence-corrected chi connectivity index (χ1v) is 5.45. The van der Waals surface area contributed by atoms with Gasteiger partial charge in [-0.15, -0.1) is 0 Å². The summed E-state index contributed by atoms with van der Waals surface area (Å²) in [7, 11) is 0. The fourth-order valence-electron chi connectivity index (χ4n) is 1.65. The number of carbonyl (C=O) groups is 2. The highest BCUT2D eigenvalue weighted by molar-refractivity contribution is 5.86. The van der Waals surface area contributed by atoms with Crippen molar-refractivity contribution in [2.45, 2.75) is 19.9 Å². The summed E-state index contributed by atoms with van der Waals surface area (Å²) in [5.41, 5.74) is 5.05. The Balaban J connectivity index is 2.61. The molecular formula is C10H19N3O3. The van der Waals surface area contributed by atoms with Gasteiger partial charge >= 0.3 is 6.03 Å². The first-order valence-electron chi connectivity index (χ1n) is 5.45. The molecule has 0 aliphatic carbocycles. The quantitative estimate of drug-likeness (QED) is 0.686. The van der Waals surface area contributed by atoms with Crippen molar-refractivity contribution in [2.24, 2.45) is 11.7 Å². The number of nitrogens with two attached hydrogens (primary N) is 1. The monoisotopic (exact) mass is 229 g/mol. The van der Waals surface area contributed by atoms with Crippen LogP contribution < -0.4 is 11.1 Å². The number of ether oxygens (including phenoxy) is 1. The van der Waals surface area contributed by atoms with Gasteiger partial charge in [-0.05, 0) is 5.92 Å². The number of rotatable bonds is 3. The fraction of sp³-hybridized carbons (Fsp3) is 0.800. The minimum Gasteiger partial charge on any atom is -0.378 e. The van der Waals surface area contributed by atoms with Crippen LogP contribution in [-0.4, -0.2) is 49.2 Å². The molecule has 1 aliphatic rings. The van der Waals surface area contributed by atoms with Gasteiger partial charge in [0.15, 0.2) is 0 Å². The number of hydrogen-bond donors (Lipinski definition) is 2. The molecule has 6 heteroatoms. The highest BCUT2D eigenvalue weighted by Gasteiger charge is 2.28. The van der Waals surface area contributed by atoms with E-state index in [4.69, 9.17) is 10.5 Å². The number of nitrogens with zero attached hydrogens (tertiary/aromatic N) is 1. The third-order valence-electron chi connectivity index (χ3n) is 2.55. The van der Waals surface area contributed by atoms with Crippen LogP contribution in [0.1, 0.15) is 13.8 Å². The van der Waals surface area contributed by atoms with Gasteiger partial charge in [0.1, 0.15) is 6.04 Å². The van der Waals surface area contributed by atoms with E-state index in [9.17, 15) is 9.59 Å². The fourth-order valence-corrected chi connectivity index (χ4v) is 1.65. The molecule has 0 radical (unpaired) electrons. The number of hydrogen-bond acceptors (Lipinski definition) is 3. The zero-order valence-electron chi connectivity index (χ0n) is 9.73. The van der Waals surface area contributed by atoms with E-state index < -0.39 is 12.1 Å². The van der Waals surface area contributed by atoms with Crippen molar-refractivity contribution in [2.75, 3.05) is 26.3 Å². The molecule has 1 atom stereocenters. The van der Waals surface area contributed by atoms with E-state index in [2.05, 4.69) is 5.32 Å². The number of urea groups is 1. The molecule has 0 spiro atoms. The second-order valence-corrected chi connectivity index (χ2v) is 4.17. The Morgan fingerprint density at radius 2 is 1.88 bits per heavy atom. The minimum absolute atomic E-state index is 0.0165. The maximum Gasteiger partial charge on any atom is 0.312 e. The lowest BCUT2D eigenvalue weighted by atomic mass is 10.0. The largest absolute Gasteiger partial charge is 0.378 e. The van der Waals surface area contributed by atoms with Crippen LogP contribution >= 0.6 is 0 Å². The third-order valence-corrected chi connectivity index (χ3v) is 2.55. The van der Waals surface area contributed by atoms with Crippen molar-refractivity contribution in [1.29, 1.82) is 0 Å². The van der Waals surface area contributed by atoms with Gasteiger partial charge < -0.3 is 20.7 Å². The van der Waals surface area contributed by atoms with Crippen molar-refractivity contribution in [3.63, 3.8) is 0 Å². The molecule has 3 amide bonds. The van der Waals surface area contributed by atoms with Crippen LogP contribution in [0.15, 0.2) is 0 Å². The molecule has 1 aliphatic heterocycles. The molecule has 1 heterocycles. The summed E-state index contributed by atoms with van der Waals surface area (Å²) in [6.45, 7) is 5.99. The first kappa shape index (κ1) is 12.8. The van der Waals surface area contributed by atoms with E-state index in [1.807, 2.05) is 13.8 Å². The second-order valence-electron chi connectivity index (χ2n) is 4.17. The molecule has 92 valence electrons. The Hall–Kier alpha value is -1.30. The van der Waals surface area contributed by atoms with Crippen molar-refractivity contribution in [1.82, 2.24) is 10.2 Å². The molecule has 0 aromatic heterocycles. The van der Waals surface area contributed by atoms with Gasteiger partial charge in [-0.3, -0.25) is 4.79 Å². The van der Waals surface area contributed by atoms with Gasteiger partial charge in [0, 0.05) is 13.1 Å². The lowest BCUT2D eigenvalue weighted by Gasteiger charge is -2.31. The third kappa shape index (κ3) is 3.37. The highest BCUT2D eigenvalue weighted by atomic mass is 16.5. The van der Waals surface area contributed by atoms with Crippen LogP contribution in [0, 0.1) is 5.92 Å². The zero-order valence-corrected chi connectivity index (χ0v) is 9.73. The molecule has 0 aromatic carbocycles. The molecule has 0 unspecified atom stereocenters. The molecule has 3 N–H and O–H groups in total. The Morgan fingerprint density at radius 3 is 2.31 bits per heavy atom. The molecule has 1 rings (SSSR count). The van der Waals surface area contributed by atoms with E-state index in [1.54, 1.807) is 4.90 Å². The predicted octanol–water partition coefficient (Wildman–Crippen LogP) is -0.462. The summed E-state index contributed by atoms with van der Waals surface area (Å²) in [6.07, 6.45) is 0. The predicted molar refractivity (Wildman–Crippen MR) is 58.7 cm³/mol. The average Bonchev–Trinajstić information content (AvgIpc) is 2.25. The second kappa shape index (κ2) is 5.69. The van der Waals surface area contributed by atoms with Crippen LogP contribution in [0.25, 0.3) is 0 Å². The summed E-state index contributed by atoms with van der Waals surface area (Å²) >= 11 is 0. The average molecular weight is 229 g/mol. The molecule has 0 aromatic rings. The lowest BCUT2D eigenvalue weighted by molar-refractivity contribution is -0.138. The van der Waals surface area contributed by atoms with Crippen molar-refractivity contribution >= 4 is 11.9 Å². The molecule has 6 nitrogen and oxygen atoms in total. The van der Waals surface area contributed by atoms with Crippen LogP contribution in [0.2, 0.25) is 0 Å². The van der Waals surface area contributed by atoms with Gasteiger partial charge in [0.25, 0.3) is 0 Å². The van der Waals surface area contributed by atoms with E-state index >= 15 is 0 Å². The number of primary amides is 1. The summed E-state index contributed by atoms with van der Waals surface area (Å²) < 4.78 is 5.17. The van der Waals surface area contributed by atoms with Gasteiger partial charge in [-0.25, -0.2) is 4.79 Å². The standard InChI is InChI=1S/C10H19N3O3/c1-7(2)8(12-10(11)15)9(14)13-3-5-16-6-4-13/h7-8H,3-6H2,1-2H3,(H3,11,12,15)/t8-/m0/s1. The molecule has 16 heavy (non-hydrogen) atoms. The van der Waals surface area contributed by atoms with Crippen LogP contribution in [-0.2, 0) is 9.53 Å². The number of carbonyl (C=O) groups excluding carboxylic acids is 2. The van der Waals surface area contributed by atoms with Gasteiger partial charge in [-0.1, -0.05) is 13.8 Å². The van der Waals surface area contributed by atoms with E-state index in [1.165, 1.54) is 0 Å². The van der Waals surface area contributed by atoms with Crippen LogP contribution in [0.4, 0.5) is 4.79 Å². The molecule has 0 saturated carbocycles. The van der Waals surface area contributed by atoms with Gasteiger partial charge in [0.2, 0.25) is 5.91 Å². The summed E-state index contributed by atoms with van der Waals surface area (Å²) in [5.74, 6) is -0.0695. The Morgan fingerprint density at radius 1 is 1.31 bits per heavy atom. The maximum atomic E-state index is 12.1.